The molecule has 0 aliphatic carbocycles. The molecular formula is C11H7Br2N. The molecule has 0 spiro atoms. The minimum atomic E-state index is 0.859. The van der Waals surface area contributed by atoms with E-state index in [0.717, 1.165) is 20.2 Å². The van der Waals surface area contributed by atoms with Crippen LogP contribution in [0, 0.1) is 0 Å². The van der Waals surface area contributed by atoms with Crippen molar-refractivity contribution in [2.24, 2.45) is 0 Å². The molecule has 0 saturated carbocycles. The Kier molecular flexibility index (Phi) is 2.99. The average Bonchev–Trinajstić information content (AvgIpc) is 2.19. The van der Waals surface area contributed by atoms with Gasteiger partial charge in [0.05, 0.1) is 0 Å². The molecule has 1 aromatic carbocycles. The largest absolute Gasteiger partial charge is 0.249 e. The van der Waals surface area contributed by atoms with Gasteiger partial charge in [0.25, 0.3) is 0 Å². The summed E-state index contributed by atoms with van der Waals surface area (Å²) in [6.07, 6.45) is 1.76. The summed E-state index contributed by atoms with van der Waals surface area (Å²) < 4.78 is 1.91. The average molecular weight is 313 g/mol. The molecule has 70 valence electrons. The fourth-order valence-electron chi connectivity index (χ4n) is 1.28. The van der Waals surface area contributed by atoms with Gasteiger partial charge in [0, 0.05) is 16.2 Å². The van der Waals surface area contributed by atoms with E-state index in [-0.39, 0.29) is 0 Å². The van der Waals surface area contributed by atoms with Crippen LogP contribution in [0.1, 0.15) is 0 Å². The summed E-state index contributed by atoms with van der Waals surface area (Å²) in [5.74, 6) is 0. The second kappa shape index (κ2) is 4.24. The first-order chi connectivity index (χ1) is 6.79. The Hall–Kier alpha value is -0.670. The van der Waals surface area contributed by atoms with Gasteiger partial charge in [0.1, 0.15) is 4.60 Å². The molecule has 0 aliphatic heterocycles. The fraction of sp³-hybridized carbons (Fsp3) is 0. The normalized spacial score (nSPS) is 10.1. The van der Waals surface area contributed by atoms with Crippen LogP contribution >= 0.6 is 31.9 Å². The van der Waals surface area contributed by atoms with Gasteiger partial charge in [0.2, 0.25) is 0 Å². The number of nitrogens with zero attached hydrogens (tertiary/aromatic N) is 1. The summed E-state index contributed by atoms with van der Waals surface area (Å²) >= 11 is 6.96. The molecule has 2 aromatic rings. The third-order valence-electron chi connectivity index (χ3n) is 1.92. The molecule has 0 saturated heterocycles. The van der Waals surface area contributed by atoms with E-state index in [0.29, 0.717) is 0 Å². The SMILES string of the molecule is Brc1ccnc(Br)c1-c1ccccc1. The molecule has 1 heterocycles. The van der Waals surface area contributed by atoms with Crippen molar-refractivity contribution in [3.05, 3.63) is 51.7 Å². The number of hydrogen-bond donors (Lipinski definition) is 0. The highest BCUT2D eigenvalue weighted by Gasteiger charge is 2.07. The zero-order valence-corrected chi connectivity index (χ0v) is 10.4. The van der Waals surface area contributed by atoms with Gasteiger partial charge < -0.3 is 0 Å². The highest BCUT2D eigenvalue weighted by atomic mass is 79.9. The monoisotopic (exact) mass is 311 g/mol. The van der Waals surface area contributed by atoms with Crippen molar-refractivity contribution in [1.29, 1.82) is 0 Å². The lowest BCUT2D eigenvalue weighted by Crippen LogP contribution is -1.84. The van der Waals surface area contributed by atoms with Crippen molar-refractivity contribution < 1.29 is 0 Å². The summed E-state index contributed by atoms with van der Waals surface area (Å²) in [4.78, 5) is 4.20. The van der Waals surface area contributed by atoms with E-state index < -0.39 is 0 Å². The molecule has 0 radical (unpaired) electrons. The zero-order valence-electron chi connectivity index (χ0n) is 7.24. The van der Waals surface area contributed by atoms with Crippen LogP contribution in [0.15, 0.2) is 51.7 Å². The molecule has 0 amide bonds. The van der Waals surface area contributed by atoms with E-state index >= 15 is 0 Å². The molecule has 0 atom stereocenters. The van der Waals surface area contributed by atoms with Crippen LogP contribution in [0.4, 0.5) is 0 Å². The van der Waals surface area contributed by atoms with Crippen molar-refractivity contribution in [1.82, 2.24) is 4.98 Å². The highest BCUT2D eigenvalue weighted by Crippen LogP contribution is 2.32. The Morgan fingerprint density at radius 3 is 2.29 bits per heavy atom. The first kappa shape index (κ1) is 9.87. The number of benzene rings is 1. The van der Waals surface area contributed by atoms with Crippen molar-refractivity contribution in [3.63, 3.8) is 0 Å². The van der Waals surface area contributed by atoms with E-state index in [9.17, 15) is 0 Å². The van der Waals surface area contributed by atoms with Crippen molar-refractivity contribution >= 4 is 31.9 Å². The van der Waals surface area contributed by atoms with Crippen molar-refractivity contribution in [2.75, 3.05) is 0 Å². The molecule has 0 fully saturated rings. The number of pyridine rings is 1. The van der Waals surface area contributed by atoms with Crippen LogP contribution in [0.3, 0.4) is 0 Å². The minimum absolute atomic E-state index is 0.859. The summed E-state index contributed by atoms with van der Waals surface area (Å²) in [6, 6.07) is 12.1. The van der Waals surface area contributed by atoms with E-state index in [1.54, 1.807) is 6.20 Å². The standard InChI is InChI=1S/C11H7Br2N/c12-9-6-7-14-11(13)10(9)8-4-2-1-3-5-8/h1-7H. The van der Waals surface area contributed by atoms with Crippen LogP contribution < -0.4 is 0 Å². The van der Waals surface area contributed by atoms with Crippen LogP contribution in [-0.4, -0.2) is 4.98 Å². The molecule has 0 N–H and O–H groups in total. The van der Waals surface area contributed by atoms with Crippen LogP contribution in [0.5, 0.6) is 0 Å². The lowest BCUT2D eigenvalue weighted by Gasteiger charge is -2.05. The molecule has 2 rings (SSSR count). The number of halogens is 2. The Balaban J connectivity index is 2.63. The summed E-state index contributed by atoms with van der Waals surface area (Å²) in [5.41, 5.74) is 2.24. The Bertz CT molecular complexity index is 420. The first-order valence-electron chi connectivity index (χ1n) is 4.14. The molecule has 1 nitrogen and oxygen atoms in total. The second-order valence-electron chi connectivity index (χ2n) is 2.82. The van der Waals surface area contributed by atoms with E-state index in [1.807, 2.05) is 24.3 Å². The molecule has 0 bridgehead atoms. The predicted octanol–water partition coefficient (Wildman–Crippen LogP) is 4.27. The van der Waals surface area contributed by atoms with Gasteiger partial charge in [-0.15, -0.1) is 0 Å². The number of aromatic nitrogens is 1. The predicted molar refractivity (Wildman–Crippen MR) is 65.1 cm³/mol. The molecule has 1 aromatic heterocycles. The lowest BCUT2D eigenvalue weighted by atomic mass is 10.1. The molecular weight excluding hydrogens is 306 g/mol. The van der Waals surface area contributed by atoms with Gasteiger partial charge in [-0.25, -0.2) is 4.98 Å². The maximum Gasteiger partial charge on any atom is 0.115 e. The third-order valence-corrected chi connectivity index (χ3v) is 3.18. The van der Waals surface area contributed by atoms with Gasteiger partial charge in [0.15, 0.2) is 0 Å². The van der Waals surface area contributed by atoms with Gasteiger partial charge in [-0.1, -0.05) is 30.3 Å². The number of rotatable bonds is 1. The van der Waals surface area contributed by atoms with Crippen LogP contribution in [0.2, 0.25) is 0 Å². The second-order valence-corrected chi connectivity index (χ2v) is 4.43. The Labute approximate surface area is 99.4 Å². The van der Waals surface area contributed by atoms with Crippen LogP contribution in [0.25, 0.3) is 11.1 Å². The Morgan fingerprint density at radius 2 is 1.64 bits per heavy atom. The van der Waals surface area contributed by atoms with Gasteiger partial charge >= 0.3 is 0 Å². The molecule has 0 aliphatic rings. The Morgan fingerprint density at radius 1 is 0.929 bits per heavy atom. The lowest BCUT2D eigenvalue weighted by molar-refractivity contribution is 1.27. The molecule has 0 unspecified atom stereocenters. The summed E-state index contributed by atoms with van der Waals surface area (Å²) in [6.45, 7) is 0. The van der Waals surface area contributed by atoms with Gasteiger partial charge in [-0.3, -0.25) is 0 Å². The smallest absolute Gasteiger partial charge is 0.115 e. The maximum absolute atomic E-state index is 4.20. The van der Waals surface area contributed by atoms with Gasteiger partial charge in [-0.05, 0) is 43.5 Å². The number of hydrogen-bond acceptors (Lipinski definition) is 1. The van der Waals surface area contributed by atoms with E-state index in [2.05, 4.69) is 49.0 Å². The topological polar surface area (TPSA) is 12.9 Å². The molecule has 3 heteroatoms. The summed E-state index contributed by atoms with van der Waals surface area (Å²) in [7, 11) is 0. The zero-order chi connectivity index (χ0) is 9.97. The minimum Gasteiger partial charge on any atom is -0.249 e. The van der Waals surface area contributed by atoms with Gasteiger partial charge in [-0.2, -0.15) is 0 Å². The third kappa shape index (κ3) is 1.88. The van der Waals surface area contributed by atoms with Crippen LogP contribution in [-0.2, 0) is 0 Å². The maximum atomic E-state index is 4.20. The quantitative estimate of drug-likeness (QED) is 0.716. The fourth-order valence-corrected chi connectivity index (χ4v) is 2.64. The highest BCUT2D eigenvalue weighted by molar-refractivity contribution is 9.11. The van der Waals surface area contributed by atoms with E-state index in [4.69, 9.17) is 0 Å². The van der Waals surface area contributed by atoms with Crippen molar-refractivity contribution in [2.45, 2.75) is 0 Å². The summed E-state index contributed by atoms with van der Waals surface area (Å²) in [5, 5.41) is 0. The molecule has 14 heavy (non-hydrogen) atoms. The first-order valence-corrected chi connectivity index (χ1v) is 5.73. The van der Waals surface area contributed by atoms with Crippen molar-refractivity contribution in [3.8, 4) is 11.1 Å². The van der Waals surface area contributed by atoms with E-state index in [1.165, 1.54) is 0 Å².